The standard InChI is InChI=1S/C22H24N4O3S/c27-17-4-2-1-3-16(17)23-22(29)18-9-15(12-30-18)14-7-8-20-24-19(11-26(20)10-14)25-21(28)13-5-6-13/h7-13,16-17,27H,1-6H2,(H,23,29)(H,25,28)/t16-,17+/m0/s1. The summed E-state index contributed by atoms with van der Waals surface area (Å²) in [6, 6.07) is 5.58. The molecular weight excluding hydrogens is 400 g/mol. The number of nitrogens with one attached hydrogen (secondary N) is 2. The molecular formula is C22H24N4O3S. The second-order valence-electron chi connectivity index (χ2n) is 8.20. The van der Waals surface area contributed by atoms with Gasteiger partial charge < -0.3 is 20.1 Å². The predicted molar refractivity (Wildman–Crippen MR) is 116 cm³/mol. The van der Waals surface area contributed by atoms with E-state index in [-0.39, 0.29) is 23.8 Å². The van der Waals surface area contributed by atoms with E-state index < -0.39 is 6.10 Å². The van der Waals surface area contributed by atoms with E-state index in [0.717, 1.165) is 55.3 Å². The van der Waals surface area contributed by atoms with Crippen LogP contribution in [0.5, 0.6) is 0 Å². The molecule has 5 rings (SSSR count). The lowest BCUT2D eigenvalue weighted by molar-refractivity contribution is -0.117. The number of carbonyl (C=O) groups excluding carboxylic acids is 2. The highest BCUT2D eigenvalue weighted by molar-refractivity contribution is 7.12. The lowest BCUT2D eigenvalue weighted by Gasteiger charge is -2.28. The van der Waals surface area contributed by atoms with Crippen molar-refractivity contribution in [3.05, 3.63) is 40.8 Å². The van der Waals surface area contributed by atoms with Crippen molar-refractivity contribution in [1.82, 2.24) is 14.7 Å². The van der Waals surface area contributed by atoms with Crippen molar-refractivity contribution in [2.75, 3.05) is 5.32 Å². The first-order valence-corrected chi connectivity index (χ1v) is 11.3. The molecule has 0 radical (unpaired) electrons. The van der Waals surface area contributed by atoms with Crippen LogP contribution < -0.4 is 10.6 Å². The number of aliphatic hydroxyl groups is 1. The molecule has 0 bridgehead atoms. The first-order valence-electron chi connectivity index (χ1n) is 10.4. The molecule has 3 aromatic rings. The third kappa shape index (κ3) is 3.97. The molecule has 2 aliphatic rings. The van der Waals surface area contributed by atoms with Crippen molar-refractivity contribution >= 4 is 34.6 Å². The first-order chi connectivity index (χ1) is 14.6. The van der Waals surface area contributed by atoms with E-state index >= 15 is 0 Å². The quantitative estimate of drug-likeness (QED) is 0.585. The van der Waals surface area contributed by atoms with Crippen LogP contribution in [0.15, 0.2) is 36.0 Å². The second kappa shape index (κ2) is 7.85. The highest BCUT2D eigenvalue weighted by atomic mass is 32.1. The number of fused-ring (bicyclic) bond motifs is 1. The van der Waals surface area contributed by atoms with Crippen LogP contribution >= 0.6 is 11.3 Å². The summed E-state index contributed by atoms with van der Waals surface area (Å²) in [4.78, 5) is 29.7. The highest BCUT2D eigenvalue weighted by Crippen LogP contribution is 2.30. The van der Waals surface area contributed by atoms with Crippen LogP contribution in [0.1, 0.15) is 48.2 Å². The molecule has 156 valence electrons. The fourth-order valence-corrected chi connectivity index (χ4v) is 4.74. The van der Waals surface area contributed by atoms with Crippen molar-refractivity contribution in [1.29, 1.82) is 0 Å². The molecule has 3 aromatic heterocycles. The second-order valence-corrected chi connectivity index (χ2v) is 9.12. The molecule has 0 aromatic carbocycles. The molecule has 2 fully saturated rings. The Kier molecular flexibility index (Phi) is 5.04. The number of rotatable bonds is 5. The molecule has 0 aliphatic heterocycles. The van der Waals surface area contributed by atoms with E-state index in [9.17, 15) is 14.7 Å². The molecule has 30 heavy (non-hydrogen) atoms. The average Bonchev–Trinajstić information content (AvgIpc) is 3.33. The molecule has 2 atom stereocenters. The zero-order chi connectivity index (χ0) is 20.7. The van der Waals surface area contributed by atoms with Crippen molar-refractivity contribution in [2.24, 2.45) is 5.92 Å². The molecule has 0 unspecified atom stereocenters. The van der Waals surface area contributed by atoms with Gasteiger partial charge >= 0.3 is 0 Å². The molecule has 2 aliphatic carbocycles. The molecule has 3 heterocycles. The third-order valence-electron chi connectivity index (χ3n) is 5.85. The van der Waals surface area contributed by atoms with Gasteiger partial charge in [0.25, 0.3) is 5.91 Å². The van der Waals surface area contributed by atoms with E-state index in [1.54, 1.807) is 0 Å². The summed E-state index contributed by atoms with van der Waals surface area (Å²) < 4.78 is 1.88. The van der Waals surface area contributed by atoms with Gasteiger partial charge in [-0.15, -0.1) is 11.3 Å². The number of hydrogen-bond acceptors (Lipinski definition) is 5. The van der Waals surface area contributed by atoms with Crippen LogP contribution in [0.4, 0.5) is 5.82 Å². The molecule has 8 heteroatoms. The predicted octanol–water partition coefficient (Wildman–Crippen LogP) is 3.44. The molecule has 0 spiro atoms. The summed E-state index contributed by atoms with van der Waals surface area (Å²) in [5, 5.41) is 17.9. The van der Waals surface area contributed by atoms with Crippen molar-refractivity contribution in [3.63, 3.8) is 0 Å². The zero-order valence-corrected chi connectivity index (χ0v) is 17.3. The van der Waals surface area contributed by atoms with Gasteiger partial charge in [0, 0.05) is 12.1 Å². The number of aromatic nitrogens is 2. The number of aliphatic hydroxyl groups excluding tert-OH is 1. The van der Waals surface area contributed by atoms with E-state index in [1.165, 1.54) is 11.3 Å². The molecule has 2 amide bonds. The Morgan fingerprint density at radius 2 is 1.93 bits per heavy atom. The summed E-state index contributed by atoms with van der Waals surface area (Å²) in [7, 11) is 0. The van der Waals surface area contributed by atoms with Crippen LogP contribution in [-0.4, -0.2) is 38.5 Å². The van der Waals surface area contributed by atoms with Gasteiger partial charge in [-0.25, -0.2) is 4.98 Å². The van der Waals surface area contributed by atoms with Crippen LogP contribution in [0, 0.1) is 5.92 Å². The topological polar surface area (TPSA) is 95.7 Å². The van der Waals surface area contributed by atoms with Gasteiger partial charge in [0.05, 0.1) is 23.2 Å². The fourth-order valence-electron chi connectivity index (χ4n) is 3.92. The van der Waals surface area contributed by atoms with Crippen LogP contribution in [0.25, 0.3) is 16.8 Å². The monoisotopic (exact) mass is 424 g/mol. The summed E-state index contributed by atoms with van der Waals surface area (Å²) in [6.07, 6.45) is 8.82. The Bertz CT molecular complexity index is 1100. The van der Waals surface area contributed by atoms with E-state index in [2.05, 4.69) is 15.6 Å². The number of hydrogen-bond donors (Lipinski definition) is 3. The Morgan fingerprint density at radius 3 is 2.73 bits per heavy atom. The number of thiophene rings is 1. The van der Waals surface area contributed by atoms with Gasteiger partial charge in [0.2, 0.25) is 5.91 Å². The summed E-state index contributed by atoms with van der Waals surface area (Å²) in [5.74, 6) is 0.595. The summed E-state index contributed by atoms with van der Waals surface area (Å²) in [6.45, 7) is 0. The van der Waals surface area contributed by atoms with Gasteiger partial charge in [-0.05, 0) is 60.4 Å². The van der Waals surface area contributed by atoms with Crippen LogP contribution in [0.2, 0.25) is 0 Å². The van der Waals surface area contributed by atoms with Gasteiger partial charge in [-0.1, -0.05) is 12.8 Å². The Labute approximate surface area is 178 Å². The number of carbonyl (C=O) groups is 2. The minimum atomic E-state index is -0.458. The lowest BCUT2D eigenvalue weighted by atomic mass is 9.92. The van der Waals surface area contributed by atoms with Gasteiger partial charge in [-0.2, -0.15) is 0 Å². The number of nitrogens with zero attached hydrogens (tertiary/aromatic N) is 2. The van der Waals surface area contributed by atoms with Gasteiger partial charge in [0.1, 0.15) is 5.65 Å². The normalized spacial score (nSPS) is 21.5. The lowest BCUT2D eigenvalue weighted by Crippen LogP contribution is -2.44. The minimum absolute atomic E-state index is 0.0372. The first kappa shape index (κ1) is 19.3. The summed E-state index contributed by atoms with van der Waals surface area (Å²) >= 11 is 1.40. The maximum Gasteiger partial charge on any atom is 0.261 e. The number of amides is 2. The van der Waals surface area contributed by atoms with Crippen molar-refractivity contribution in [3.8, 4) is 11.1 Å². The average molecular weight is 425 g/mol. The zero-order valence-electron chi connectivity index (χ0n) is 16.5. The van der Waals surface area contributed by atoms with Crippen LogP contribution in [-0.2, 0) is 4.79 Å². The summed E-state index contributed by atoms with van der Waals surface area (Å²) in [5.41, 5.74) is 2.67. The SMILES string of the molecule is O=C(N[C@H]1CCCC[C@H]1O)c1cc(-c2ccc3nc(NC(=O)C4CC4)cn3c2)cs1. The number of anilines is 1. The molecule has 3 N–H and O–H groups in total. The van der Waals surface area contributed by atoms with E-state index in [1.807, 2.05) is 40.4 Å². The minimum Gasteiger partial charge on any atom is -0.391 e. The van der Waals surface area contributed by atoms with Gasteiger partial charge in [0.15, 0.2) is 5.82 Å². The smallest absolute Gasteiger partial charge is 0.261 e. The van der Waals surface area contributed by atoms with Crippen LogP contribution in [0.3, 0.4) is 0 Å². The van der Waals surface area contributed by atoms with E-state index in [0.29, 0.717) is 10.7 Å². The van der Waals surface area contributed by atoms with Crippen molar-refractivity contribution in [2.45, 2.75) is 50.7 Å². The molecule has 2 saturated carbocycles. The largest absolute Gasteiger partial charge is 0.391 e. The van der Waals surface area contributed by atoms with Gasteiger partial charge in [-0.3, -0.25) is 9.59 Å². The highest BCUT2D eigenvalue weighted by Gasteiger charge is 2.30. The van der Waals surface area contributed by atoms with E-state index in [4.69, 9.17) is 0 Å². The third-order valence-corrected chi connectivity index (χ3v) is 6.78. The Balaban J connectivity index is 1.31. The molecule has 7 nitrogen and oxygen atoms in total. The number of imidazole rings is 1. The Morgan fingerprint density at radius 1 is 1.10 bits per heavy atom. The molecule has 0 saturated heterocycles. The fraction of sp³-hybridized carbons (Fsp3) is 0.409. The maximum absolute atomic E-state index is 12.6. The Hall–Kier alpha value is -2.71. The maximum atomic E-state index is 12.6. The number of pyridine rings is 1. The van der Waals surface area contributed by atoms with Crippen molar-refractivity contribution < 1.29 is 14.7 Å².